The summed E-state index contributed by atoms with van der Waals surface area (Å²) in [6.07, 6.45) is 9.51. The lowest BCUT2D eigenvalue weighted by molar-refractivity contribution is -0.0492. The van der Waals surface area contributed by atoms with Gasteiger partial charge in [0.25, 0.3) is 0 Å². The lowest BCUT2D eigenvalue weighted by Gasteiger charge is -2.34. The molecule has 2 aromatic rings. The highest BCUT2D eigenvalue weighted by Gasteiger charge is 2.51. The number of hydrogen-bond acceptors (Lipinski definition) is 4. The van der Waals surface area contributed by atoms with Crippen molar-refractivity contribution in [3.63, 3.8) is 0 Å². The maximum absolute atomic E-state index is 13.5. The Morgan fingerprint density at radius 3 is 2.55 bits per heavy atom. The Balaban J connectivity index is 1.75. The van der Waals surface area contributed by atoms with E-state index in [9.17, 15) is 21.6 Å². The van der Waals surface area contributed by atoms with Gasteiger partial charge in [-0.05, 0) is 30.9 Å². The van der Waals surface area contributed by atoms with E-state index >= 15 is 0 Å². The number of benzene rings is 1. The van der Waals surface area contributed by atoms with Crippen molar-refractivity contribution < 1.29 is 21.6 Å². The van der Waals surface area contributed by atoms with Crippen LogP contribution in [0.25, 0.3) is 0 Å². The van der Waals surface area contributed by atoms with E-state index in [2.05, 4.69) is 4.98 Å². The number of fused-ring (bicyclic) bond motifs is 1. The quantitative estimate of drug-likeness (QED) is 0.550. The normalized spacial score (nSPS) is 20.8. The molecule has 0 radical (unpaired) electrons. The molecule has 0 saturated heterocycles. The van der Waals surface area contributed by atoms with Crippen LogP contribution in [0.2, 0.25) is 5.02 Å². The van der Waals surface area contributed by atoms with Crippen LogP contribution in [0.1, 0.15) is 49.8 Å². The predicted molar refractivity (Wildman–Crippen MR) is 121 cm³/mol. The van der Waals surface area contributed by atoms with Gasteiger partial charge in [-0.3, -0.25) is 0 Å². The molecule has 1 aliphatic heterocycles. The Labute approximate surface area is 197 Å². The van der Waals surface area contributed by atoms with Crippen LogP contribution in [0.5, 0.6) is 0 Å². The van der Waals surface area contributed by atoms with Crippen LogP contribution in [-0.2, 0) is 30.2 Å². The number of aromatic nitrogens is 2. The van der Waals surface area contributed by atoms with Crippen molar-refractivity contribution in [2.24, 2.45) is 13.0 Å². The molecule has 33 heavy (non-hydrogen) atoms. The molecule has 1 fully saturated rings. The summed E-state index contributed by atoms with van der Waals surface area (Å²) in [5.74, 6) is 0.524. The van der Waals surface area contributed by atoms with Gasteiger partial charge < -0.3 is 9.47 Å². The molecule has 2 aliphatic rings. The van der Waals surface area contributed by atoms with Crippen LogP contribution in [0, 0.1) is 5.92 Å². The van der Waals surface area contributed by atoms with Crippen molar-refractivity contribution >= 4 is 27.3 Å². The van der Waals surface area contributed by atoms with E-state index < -0.39 is 28.1 Å². The highest BCUT2D eigenvalue weighted by Crippen LogP contribution is 2.39. The third-order valence-corrected chi connectivity index (χ3v) is 8.60. The summed E-state index contributed by atoms with van der Waals surface area (Å²) < 4.78 is 67.9. The lowest BCUT2D eigenvalue weighted by atomic mass is 9.97. The summed E-state index contributed by atoms with van der Waals surface area (Å²) in [4.78, 5) is 6.38. The average molecular weight is 505 g/mol. The standard InChI is InChI=1S/C22H28ClF3N4O2S/c1-28-11-17(27-15-28)12-30-18(10-9-16-5-2-3-6-16)13-29(33(31,32)22(24,25)26)14-19-20(23)7-4-8-21(19)30/h4,7-8,11,15-16,18H,2-3,5-6,9-10,12-14H2,1H3. The number of nitrogens with zero attached hydrogens (tertiary/aromatic N) is 4. The summed E-state index contributed by atoms with van der Waals surface area (Å²) in [6, 6.07) is 4.69. The second-order valence-corrected chi connectivity index (χ2v) is 11.4. The predicted octanol–water partition coefficient (Wildman–Crippen LogP) is 5.08. The fourth-order valence-electron chi connectivity index (χ4n) is 4.99. The number of aryl methyl sites for hydroxylation is 1. The zero-order chi connectivity index (χ0) is 23.8. The molecule has 0 N–H and O–H groups in total. The highest BCUT2D eigenvalue weighted by atomic mass is 35.5. The van der Waals surface area contributed by atoms with Crippen molar-refractivity contribution in [1.82, 2.24) is 13.9 Å². The molecule has 1 atom stereocenters. The maximum Gasteiger partial charge on any atom is 0.511 e. The van der Waals surface area contributed by atoms with Crippen molar-refractivity contribution in [3.05, 3.63) is 47.0 Å². The molecule has 4 rings (SSSR count). The largest absolute Gasteiger partial charge is 0.511 e. The Hall–Kier alpha value is -1.78. The maximum atomic E-state index is 13.5. The molecule has 0 bridgehead atoms. The third-order valence-electron chi connectivity index (χ3n) is 6.70. The molecule has 1 aromatic carbocycles. The zero-order valence-corrected chi connectivity index (χ0v) is 20.0. The molecular weight excluding hydrogens is 477 g/mol. The summed E-state index contributed by atoms with van der Waals surface area (Å²) in [6.45, 7) is -0.328. The lowest BCUT2D eigenvalue weighted by Crippen LogP contribution is -2.47. The van der Waals surface area contributed by atoms with Crippen LogP contribution in [0.3, 0.4) is 0 Å². The van der Waals surface area contributed by atoms with E-state index in [-0.39, 0.29) is 11.6 Å². The Morgan fingerprint density at radius 2 is 1.91 bits per heavy atom. The van der Waals surface area contributed by atoms with Gasteiger partial charge in [-0.15, -0.1) is 0 Å². The number of anilines is 1. The van der Waals surface area contributed by atoms with Crippen molar-refractivity contribution in [1.29, 1.82) is 0 Å². The minimum atomic E-state index is -5.52. The second-order valence-electron chi connectivity index (χ2n) is 9.02. The summed E-state index contributed by atoms with van der Waals surface area (Å²) in [7, 11) is -3.67. The minimum Gasteiger partial charge on any atom is -0.361 e. The SMILES string of the molecule is Cn1cnc(CN2c3cccc(Cl)c3CN(S(=O)(=O)C(F)(F)F)CC2CCC2CCCC2)c1. The molecule has 1 aromatic heterocycles. The molecular formula is C22H28ClF3N4O2S. The molecule has 182 valence electrons. The van der Waals surface area contributed by atoms with E-state index in [1.54, 1.807) is 29.1 Å². The van der Waals surface area contributed by atoms with Crippen molar-refractivity contribution in [3.8, 4) is 0 Å². The highest BCUT2D eigenvalue weighted by molar-refractivity contribution is 7.89. The first-order chi connectivity index (χ1) is 15.6. The summed E-state index contributed by atoms with van der Waals surface area (Å²) in [5.41, 5.74) is -3.59. The van der Waals surface area contributed by atoms with E-state index in [1.165, 1.54) is 12.8 Å². The molecule has 2 heterocycles. The van der Waals surface area contributed by atoms with Gasteiger partial charge in [0.05, 0.1) is 18.6 Å². The molecule has 1 saturated carbocycles. The van der Waals surface area contributed by atoms with Gasteiger partial charge >= 0.3 is 15.5 Å². The van der Waals surface area contributed by atoms with Crippen LogP contribution < -0.4 is 4.90 Å². The summed E-state index contributed by atoms with van der Waals surface area (Å²) in [5, 5.41) is 0.248. The fourth-order valence-corrected chi connectivity index (χ4v) is 6.17. The molecule has 11 heteroatoms. The summed E-state index contributed by atoms with van der Waals surface area (Å²) >= 11 is 6.40. The van der Waals surface area contributed by atoms with Crippen molar-refractivity contribution in [2.75, 3.05) is 11.4 Å². The fraction of sp³-hybridized carbons (Fsp3) is 0.591. The first-order valence-electron chi connectivity index (χ1n) is 11.1. The second kappa shape index (κ2) is 9.46. The number of imidazole rings is 1. The van der Waals surface area contributed by atoms with Crippen LogP contribution in [-0.4, -0.2) is 40.4 Å². The smallest absolute Gasteiger partial charge is 0.361 e. The monoisotopic (exact) mass is 504 g/mol. The van der Waals surface area contributed by atoms with Crippen LogP contribution >= 0.6 is 11.6 Å². The number of hydrogen-bond donors (Lipinski definition) is 0. The molecule has 0 spiro atoms. The molecule has 0 amide bonds. The molecule has 1 aliphatic carbocycles. The van der Waals surface area contributed by atoms with E-state index in [0.717, 1.165) is 25.0 Å². The molecule has 1 unspecified atom stereocenters. The van der Waals surface area contributed by atoms with Gasteiger partial charge in [0, 0.05) is 48.6 Å². The third kappa shape index (κ3) is 5.17. The van der Waals surface area contributed by atoms with Gasteiger partial charge in [0.2, 0.25) is 0 Å². The van der Waals surface area contributed by atoms with Crippen molar-refractivity contribution in [2.45, 2.75) is 63.2 Å². The van der Waals surface area contributed by atoms with Gasteiger partial charge in [0.1, 0.15) is 0 Å². The van der Waals surface area contributed by atoms with Crippen LogP contribution in [0.15, 0.2) is 30.7 Å². The number of rotatable bonds is 6. The Morgan fingerprint density at radius 1 is 1.18 bits per heavy atom. The topological polar surface area (TPSA) is 58.4 Å². The molecule has 6 nitrogen and oxygen atoms in total. The minimum absolute atomic E-state index is 0.248. The first-order valence-corrected chi connectivity index (χ1v) is 13.0. The van der Waals surface area contributed by atoms with E-state index in [0.29, 0.717) is 34.4 Å². The van der Waals surface area contributed by atoms with E-state index in [4.69, 9.17) is 11.6 Å². The first kappa shape index (κ1) is 24.3. The number of halogens is 4. The van der Waals surface area contributed by atoms with E-state index in [1.807, 2.05) is 18.1 Å². The Kier molecular flexibility index (Phi) is 6.98. The average Bonchev–Trinajstić information content (AvgIpc) is 3.37. The number of sulfonamides is 1. The van der Waals surface area contributed by atoms with Gasteiger partial charge in [-0.25, -0.2) is 13.4 Å². The number of alkyl halides is 3. The van der Waals surface area contributed by atoms with Gasteiger partial charge in [-0.2, -0.15) is 17.5 Å². The zero-order valence-electron chi connectivity index (χ0n) is 18.4. The van der Waals surface area contributed by atoms with Crippen LogP contribution in [0.4, 0.5) is 18.9 Å². The van der Waals surface area contributed by atoms with Gasteiger partial charge in [0.15, 0.2) is 0 Å². The van der Waals surface area contributed by atoms with Gasteiger partial charge in [-0.1, -0.05) is 43.4 Å². The Bertz CT molecular complexity index is 1080.